The summed E-state index contributed by atoms with van der Waals surface area (Å²) in [5.74, 6) is -1.41. The lowest BCUT2D eigenvalue weighted by atomic mass is 10.1. The predicted molar refractivity (Wildman–Crippen MR) is 62.2 cm³/mol. The van der Waals surface area contributed by atoms with Gasteiger partial charge in [0.1, 0.15) is 0 Å². The molecule has 1 aromatic rings. The number of carbonyl (C=O) groups is 2. The molecule has 1 aliphatic heterocycles. The highest BCUT2D eigenvalue weighted by Crippen LogP contribution is 2.19. The SMILES string of the molecule is Cc1[nH]ncc1C(=O)N1CCC(C(=O)O)C1.Cl. The number of aromatic amines is 1. The summed E-state index contributed by atoms with van der Waals surface area (Å²) < 4.78 is 0. The number of rotatable bonds is 2. The van der Waals surface area contributed by atoms with E-state index in [4.69, 9.17) is 5.11 Å². The van der Waals surface area contributed by atoms with E-state index in [1.165, 1.54) is 6.20 Å². The normalized spacial score (nSPS) is 18.9. The molecule has 1 fully saturated rings. The van der Waals surface area contributed by atoms with Gasteiger partial charge in [0.2, 0.25) is 0 Å². The summed E-state index contributed by atoms with van der Waals surface area (Å²) in [6, 6.07) is 0. The van der Waals surface area contributed by atoms with Crippen LogP contribution in [0.25, 0.3) is 0 Å². The number of H-pyrrole nitrogens is 1. The molecule has 0 saturated carbocycles. The van der Waals surface area contributed by atoms with Crippen LogP contribution in [0.15, 0.2) is 6.20 Å². The van der Waals surface area contributed by atoms with E-state index in [0.29, 0.717) is 30.8 Å². The van der Waals surface area contributed by atoms with E-state index in [9.17, 15) is 9.59 Å². The monoisotopic (exact) mass is 259 g/mol. The number of nitrogens with zero attached hydrogens (tertiary/aromatic N) is 2. The number of carbonyl (C=O) groups excluding carboxylic acids is 1. The number of carboxylic acids is 1. The molecule has 2 N–H and O–H groups in total. The summed E-state index contributed by atoms with van der Waals surface area (Å²) in [5.41, 5.74) is 1.23. The fraction of sp³-hybridized carbons (Fsp3) is 0.500. The minimum atomic E-state index is -0.834. The van der Waals surface area contributed by atoms with Crippen LogP contribution in [0.4, 0.5) is 0 Å². The van der Waals surface area contributed by atoms with Gasteiger partial charge in [0, 0.05) is 18.8 Å². The van der Waals surface area contributed by atoms with Gasteiger partial charge in [0.15, 0.2) is 0 Å². The maximum Gasteiger partial charge on any atom is 0.308 e. The second-order valence-corrected chi connectivity index (χ2v) is 3.98. The lowest BCUT2D eigenvalue weighted by Gasteiger charge is -2.14. The van der Waals surface area contributed by atoms with Crippen molar-refractivity contribution in [3.63, 3.8) is 0 Å². The van der Waals surface area contributed by atoms with Crippen molar-refractivity contribution in [2.75, 3.05) is 13.1 Å². The Balaban J connectivity index is 0.00000144. The quantitative estimate of drug-likeness (QED) is 0.818. The predicted octanol–water partition coefficient (Wildman–Crippen LogP) is 0.687. The molecule has 1 unspecified atom stereocenters. The number of hydrogen-bond donors (Lipinski definition) is 2. The number of halogens is 1. The average Bonchev–Trinajstić information content (AvgIpc) is 2.84. The molecule has 94 valence electrons. The van der Waals surface area contributed by atoms with Crippen molar-refractivity contribution in [1.29, 1.82) is 0 Å². The van der Waals surface area contributed by atoms with Crippen LogP contribution in [0, 0.1) is 12.8 Å². The highest BCUT2D eigenvalue weighted by atomic mass is 35.5. The Bertz CT molecular complexity index is 432. The lowest BCUT2D eigenvalue weighted by Crippen LogP contribution is -2.30. The zero-order valence-corrected chi connectivity index (χ0v) is 10.2. The van der Waals surface area contributed by atoms with Crippen molar-refractivity contribution >= 4 is 24.3 Å². The van der Waals surface area contributed by atoms with Crippen LogP contribution in [0.1, 0.15) is 22.5 Å². The fourth-order valence-electron chi connectivity index (χ4n) is 1.88. The first kappa shape index (κ1) is 13.5. The number of nitrogens with one attached hydrogen (secondary N) is 1. The smallest absolute Gasteiger partial charge is 0.308 e. The van der Waals surface area contributed by atoms with Crippen LogP contribution < -0.4 is 0 Å². The van der Waals surface area contributed by atoms with Crippen molar-refractivity contribution in [3.8, 4) is 0 Å². The molecule has 2 rings (SSSR count). The molecular weight excluding hydrogens is 246 g/mol. The van der Waals surface area contributed by atoms with Crippen LogP contribution in [0.5, 0.6) is 0 Å². The summed E-state index contributed by atoms with van der Waals surface area (Å²) in [7, 11) is 0. The second-order valence-electron chi connectivity index (χ2n) is 3.98. The van der Waals surface area contributed by atoms with Gasteiger partial charge in [-0.15, -0.1) is 12.4 Å². The Morgan fingerprint density at radius 3 is 2.76 bits per heavy atom. The van der Waals surface area contributed by atoms with E-state index in [1.807, 2.05) is 0 Å². The maximum absolute atomic E-state index is 12.0. The summed E-state index contributed by atoms with van der Waals surface area (Å²) in [6.07, 6.45) is 2.00. The highest BCUT2D eigenvalue weighted by Gasteiger charge is 2.31. The number of aryl methyl sites for hydroxylation is 1. The third-order valence-electron chi connectivity index (χ3n) is 2.89. The van der Waals surface area contributed by atoms with Gasteiger partial charge in [-0.1, -0.05) is 0 Å². The molecule has 0 radical (unpaired) electrons. The highest BCUT2D eigenvalue weighted by molar-refractivity contribution is 5.95. The molecule has 1 aliphatic rings. The first-order valence-electron chi connectivity index (χ1n) is 5.11. The van der Waals surface area contributed by atoms with E-state index >= 15 is 0 Å². The standard InChI is InChI=1S/C10H13N3O3.ClH/c1-6-8(4-11-12-6)9(14)13-3-2-7(5-13)10(15)16;/h4,7H,2-3,5H2,1H3,(H,11,12)(H,15,16);1H. The number of hydrogen-bond acceptors (Lipinski definition) is 3. The summed E-state index contributed by atoms with van der Waals surface area (Å²) in [6.45, 7) is 2.56. The molecule has 1 amide bonds. The van der Waals surface area contributed by atoms with Crippen molar-refractivity contribution in [2.45, 2.75) is 13.3 Å². The molecule has 2 heterocycles. The van der Waals surface area contributed by atoms with Crippen LogP contribution in [-0.4, -0.2) is 45.2 Å². The summed E-state index contributed by atoms with van der Waals surface area (Å²) in [5, 5.41) is 15.3. The third-order valence-corrected chi connectivity index (χ3v) is 2.89. The molecule has 0 bridgehead atoms. The zero-order chi connectivity index (χ0) is 11.7. The van der Waals surface area contributed by atoms with Gasteiger partial charge in [-0.3, -0.25) is 14.7 Å². The van der Waals surface area contributed by atoms with Crippen LogP contribution in [0.2, 0.25) is 0 Å². The first-order chi connectivity index (χ1) is 7.59. The van der Waals surface area contributed by atoms with Crippen molar-refractivity contribution in [1.82, 2.24) is 15.1 Å². The molecule has 1 aromatic heterocycles. The molecule has 6 nitrogen and oxygen atoms in total. The largest absolute Gasteiger partial charge is 0.481 e. The Labute approximate surface area is 104 Å². The van der Waals surface area contributed by atoms with Gasteiger partial charge in [-0.25, -0.2) is 0 Å². The summed E-state index contributed by atoms with van der Waals surface area (Å²) in [4.78, 5) is 24.3. The van der Waals surface area contributed by atoms with E-state index < -0.39 is 11.9 Å². The molecule has 1 atom stereocenters. The average molecular weight is 260 g/mol. The fourth-order valence-corrected chi connectivity index (χ4v) is 1.88. The van der Waals surface area contributed by atoms with Gasteiger partial charge in [0.25, 0.3) is 5.91 Å². The van der Waals surface area contributed by atoms with Crippen molar-refractivity contribution in [2.24, 2.45) is 5.92 Å². The number of aliphatic carboxylic acids is 1. The Kier molecular flexibility index (Phi) is 4.11. The summed E-state index contributed by atoms with van der Waals surface area (Å²) >= 11 is 0. The molecular formula is C10H14ClN3O3. The molecule has 17 heavy (non-hydrogen) atoms. The van der Waals surface area contributed by atoms with Gasteiger partial charge in [0.05, 0.1) is 17.7 Å². The Morgan fingerprint density at radius 1 is 1.59 bits per heavy atom. The number of likely N-dealkylation sites (tertiary alicyclic amines) is 1. The van der Waals surface area contributed by atoms with Crippen molar-refractivity contribution in [3.05, 3.63) is 17.5 Å². The number of carboxylic acid groups (broad SMARTS) is 1. The topological polar surface area (TPSA) is 86.3 Å². The van der Waals surface area contributed by atoms with Crippen LogP contribution in [-0.2, 0) is 4.79 Å². The van der Waals surface area contributed by atoms with Gasteiger partial charge in [-0.2, -0.15) is 5.10 Å². The molecule has 7 heteroatoms. The van der Waals surface area contributed by atoms with Gasteiger partial charge < -0.3 is 10.0 Å². The third kappa shape index (κ3) is 2.58. The van der Waals surface area contributed by atoms with E-state index in [2.05, 4.69) is 10.2 Å². The maximum atomic E-state index is 12.0. The second kappa shape index (κ2) is 5.18. The van der Waals surface area contributed by atoms with Gasteiger partial charge >= 0.3 is 5.97 Å². The first-order valence-corrected chi connectivity index (χ1v) is 5.11. The molecule has 0 aliphatic carbocycles. The minimum absolute atomic E-state index is 0. The molecule has 1 saturated heterocycles. The van der Waals surface area contributed by atoms with E-state index in [1.54, 1.807) is 11.8 Å². The van der Waals surface area contributed by atoms with E-state index in [0.717, 1.165) is 0 Å². The zero-order valence-electron chi connectivity index (χ0n) is 9.34. The molecule has 0 spiro atoms. The Hall–Kier alpha value is -1.56. The number of amides is 1. The van der Waals surface area contributed by atoms with Crippen molar-refractivity contribution < 1.29 is 14.7 Å². The van der Waals surface area contributed by atoms with Gasteiger partial charge in [-0.05, 0) is 13.3 Å². The Morgan fingerprint density at radius 2 is 2.29 bits per heavy atom. The number of aromatic nitrogens is 2. The van der Waals surface area contributed by atoms with Crippen LogP contribution >= 0.6 is 12.4 Å². The molecule has 0 aromatic carbocycles. The van der Waals surface area contributed by atoms with E-state index in [-0.39, 0.29) is 18.3 Å². The van der Waals surface area contributed by atoms with Crippen LogP contribution in [0.3, 0.4) is 0 Å². The lowest BCUT2D eigenvalue weighted by molar-refractivity contribution is -0.141. The minimum Gasteiger partial charge on any atom is -0.481 e.